The molecule has 126 valence electrons. The summed E-state index contributed by atoms with van der Waals surface area (Å²) in [5, 5.41) is 4.43. The van der Waals surface area contributed by atoms with Gasteiger partial charge in [0, 0.05) is 16.3 Å². The number of halogens is 1. The Balaban J connectivity index is 2.15. The van der Waals surface area contributed by atoms with Gasteiger partial charge in [-0.2, -0.15) is 5.10 Å². The summed E-state index contributed by atoms with van der Waals surface area (Å²) < 4.78 is 5.00. The van der Waals surface area contributed by atoms with Crippen LogP contribution in [0.1, 0.15) is 44.6 Å². The molecule has 0 spiro atoms. The highest BCUT2D eigenvalue weighted by atomic mass is 35.5. The second-order valence-corrected chi connectivity index (χ2v) is 5.47. The van der Waals surface area contributed by atoms with Gasteiger partial charge in [-0.3, -0.25) is 4.79 Å². The van der Waals surface area contributed by atoms with E-state index in [2.05, 4.69) is 15.5 Å². The maximum Gasteiger partial charge on any atom is 0.340 e. The number of aryl methyl sites for hydroxylation is 1. The van der Waals surface area contributed by atoms with Crippen molar-refractivity contribution in [2.45, 2.75) is 20.8 Å². The molecular formula is C17H18ClN3O3. The lowest BCUT2D eigenvalue weighted by Crippen LogP contribution is -2.19. The lowest BCUT2D eigenvalue weighted by molar-refractivity contribution is 0.0525. The third kappa shape index (κ3) is 3.83. The first-order chi connectivity index (χ1) is 11.5. The SMILES string of the molecule is CCOC(=O)c1c(C)[nH]c(C(=O)N/N=C\c2ccccc2Cl)c1C. The standard InChI is InChI=1S/C17H18ClN3O3/c1-4-24-17(23)14-10(2)15(20-11(14)3)16(22)21-19-9-12-7-5-6-8-13(12)18/h5-9,20H,4H2,1-3H3,(H,21,22)/b19-9-. The van der Waals surface area contributed by atoms with E-state index in [4.69, 9.17) is 16.3 Å². The van der Waals surface area contributed by atoms with Gasteiger partial charge in [-0.05, 0) is 32.4 Å². The summed E-state index contributed by atoms with van der Waals surface area (Å²) >= 11 is 6.01. The van der Waals surface area contributed by atoms with Gasteiger partial charge in [0.2, 0.25) is 0 Å². The van der Waals surface area contributed by atoms with Gasteiger partial charge in [0.15, 0.2) is 0 Å². The molecule has 0 unspecified atom stereocenters. The average molecular weight is 348 g/mol. The second kappa shape index (κ2) is 7.79. The van der Waals surface area contributed by atoms with Gasteiger partial charge in [0.25, 0.3) is 5.91 Å². The lowest BCUT2D eigenvalue weighted by atomic mass is 10.1. The van der Waals surface area contributed by atoms with Crippen molar-refractivity contribution in [3.63, 3.8) is 0 Å². The van der Waals surface area contributed by atoms with E-state index in [0.717, 1.165) is 0 Å². The molecule has 0 aliphatic carbocycles. The molecule has 0 saturated carbocycles. The van der Waals surface area contributed by atoms with Crippen LogP contribution < -0.4 is 5.43 Å². The zero-order valence-electron chi connectivity index (χ0n) is 13.6. The molecule has 0 radical (unpaired) electrons. The molecule has 1 aromatic carbocycles. The fraction of sp³-hybridized carbons (Fsp3) is 0.235. The normalized spacial score (nSPS) is 10.8. The van der Waals surface area contributed by atoms with E-state index < -0.39 is 11.9 Å². The van der Waals surface area contributed by atoms with Gasteiger partial charge < -0.3 is 9.72 Å². The van der Waals surface area contributed by atoms with Crippen molar-refractivity contribution in [3.8, 4) is 0 Å². The molecule has 0 saturated heterocycles. The predicted octanol–water partition coefficient (Wildman–Crippen LogP) is 3.23. The van der Waals surface area contributed by atoms with Crippen LogP contribution in [-0.4, -0.2) is 29.7 Å². The minimum Gasteiger partial charge on any atom is -0.462 e. The molecule has 7 heteroatoms. The summed E-state index contributed by atoms with van der Waals surface area (Å²) in [6, 6.07) is 7.13. The van der Waals surface area contributed by atoms with Crippen molar-refractivity contribution in [3.05, 3.63) is 57.4 Å². The summed E-state index contributed by atoms with van der Waals surface area (Å²) in [6.45, 7) is 5.39. The monoisotopic (exact) mass is 347 g/mol. The quantitative estimate of drug-likeness (QED) is 0.495. The number of benzene rings is 1. The van der Waals surface area contributed by atoms with Gasteiger partial charge in [0.1, 0.15) is 5.69 Å². The molecular weight excluding hydrogens is 330 g/mol. The summed E-state index contributed by atoms with van der Waals surface area (Å²) in [6.07, 6.45) is 1.46. The molecule has 2 N–H and O–H groups in total. The van der Waals surface area contributed by atoms with Crippen molar-refractivity contribution in [2.24, 2.45) is 5.10 Å². The molecule has 1 heterocycles. The molecule has 0 fully saturated rings. The number of aromatic amines is 1. The molecule has 2 rings (SSSR count). The molecule has 6 nitrogen and oxygen atoms in total. The van der Waals surface area contributed by atoms with Crippen molar-refractivity contribution in [2.75, 3.05) is 6.61 Å². The van der Waals surface area contributed by atoms with Crippen LogP contribution in [0, 0.1) is 13.8 Å². The maximum absolute atomic E-state index is 12.2. The van der Waals surface area contributed by atoms with Crippen molar-refractivity contribution >= 4 is 29.7 Å². The Kier molecular flexibility index (Phi) is 5.76. The van der Waals surface area contributed by atoms with Crippen LogP contribution in [0.3, 0.4) is 0 Å². The average Bonchev–Trinajstić information content (AvgIpc) is 2.84. The first-order valence-corrected chi connectivity index (χ1v) is 7.77. The Labute approximate surface area is 144 Å². The third-order valence-corrected chi connectivity index (χ3v) is 3.76. The minimum absolute atomic E-state index is 0.270. The molecule has 0 atom stereocenters. The highest BCUT2D eigenvalue weighted by Crippen LogP contribution is 2.19. The van der Waals surface area contributed by atoms with E-state index in [1.807, 2.05) is 6.07 Å². The third-order valence-electron chi connectivity index (χ3n) is 3.42. The van der Waals surface area contributed by atoms with E-state index in [1.165, 1.54) is 6.21 Å². The van der Waals surface area contributed by atoms with Crippen LogP contribution in [0.5, 0.6) is 0 Å². The van der Waals surface area contributed by atoms with Gasteiger partial charge >= 0.3 is 5.97 Å². The van der Waals surface area contributed by atoms with Crippen LogP contribution in [-0.2, 0) is 4.74 Å². The van der Waals surface area contributed by atoms with E-state index in [1.54, 1.807) is 39.0 Å². The molecule has 24 heavy (non-hydrogen) atoms. The molecule has 0 aliphatic rings. The Hall–Kier alpha value is -2.60. The number of esters is 1. The minimum atomic E-state index is -0.456. The zero-order valence-corrected chi connectivity index (χ0v) is 14.4. The Bertz CT molecular complexity index is 796. The summed E-state index contributed by atoms with van der Waals surface area (Å²) in [5.41, 5.74) is 4.84. The first-order valence-electron chi connectivity index (χ1n) is 7.39. The number of carbonyl (C=O) groups excluding carboxylic acids is 2. The molecule has 1 amide bonds. The number of amides is 1. The smallest absolute Gasteiger partial charge is 0.340 e. The van der Waals surface area contributed by atoms with Crippen LogP contribution >= 0.6 is 11.6 Å². The number of ether oxygens (including phenoxy) is 1. The molecule has 1 aromatic heterocycles. The fourth-order valence-electron chi connectivity index (χ4n) is 2.28. The summed E-state index contributed by atoms with van der Waals surface area (Å²) in [4.78, 5) is 27.1. The number of rotatable bonds is 5. The van der Waals surface area contributed by atoms with E-state index in [0.29, 0.717) is 27.4 Å². The Morgan fingerprint density at radius 2 is 2.04 bits per heavy atom. The largest absolute Gasteiger partial charge is 0.462 e. The Morgan fingerprint density at radius 1 is 1.33 bits per heavy atom. The van der Waals surface area contributed by atoms with Crippen LogP contribution in [0.25, 0.3) is 0 Å². The number of hydrogen-bond donors (Lipinski definition) is 2. The number of carbonyl (C=O) groups is 2. The van der Waals surface area contributed by atoms with Gasteiger partial charge in [-0.15, -0.1) is 0 Å². The summed E-state index contributed by atoms with van der Waals surface area (Å²) in [5.74, 6) is -0.906. The van der Waals surface area contributed by atoms with E-state index in [-0.39, 0.29) is 12.3 Å². The zero-order chi connectivity index (χ0) is 17.7. The summed E-state index contributed by atoms with van der Waals surface area (Å²) in [7, 11) is 0. The number of hydrogen-bond acceptors (Lipinski definition) is 4. The van der Waals surface area contributed by atoms with Crippen molar-refractivity contribution in [1.82, 2.24) is 10.4 Å². The lowest BCUT2D eigenvalue weighted by Gasteiger charge is -2.02. The molecule has 0 bridgehead atoms. The van der Waals surface area contributed by atoms with Crippen molar-refractivity contribution in [1.29, 1.82) is 0 Å². The number of hydrazone groups is 1. The predicted molar refractivity (Wildman–Crippen MR) is 92.7 cm³/mol. The van der Waals surface area contributed by atoms with Gasteiger partial charge in [-0.1, -0.05) is 29.8 Å². The number of nitrogens with one attached hydrogen (secondary N) is 2. The van der Waals surface area contributed by atoms with Crippen molar-refractivity contribution < 1.29 is 14.3 Å². The first kappa shape index (κ1) is 17.7. The number of nitrogens with zero attached hydrogens (tertiary/aromatic N) is 1. The number of H-pyrrole nitrogens is 1. The van der Waals surface area contributed by atoms with E-state index in [9.17, 15) is 9.59 Å². The highest BCUT2D eigenvalue weighted by molar-refractivity contribution is 6.33. The van der Waals surface area contributed by atoms with Gasteiger partial charge in [-0.25, -0.2) is 10.2 Å². The molecule has 0 aliphatic heterocycles. The van der Waals surface area contributed by atoms with Crippen LogP contribution in [0.15, 0.2) is 29.4 Å². The van der Waals surface area contributed by atoms with Crippen LogP contribution in [0.2, 0.25) is 5.02 Å². The molecule has 2 aromatic rings. The number of aromatic nitrogens is 1. The van der Waals surface area contributed by atoms with Gasteiger partial charge in [0.05, 0.1) is 18.4 Å². The topological polar surface area (TPSA) is 83.5 Å². The Morgan fingerprint density at radius 3 is 2.71 bits per heavy atom. The van der Waals surface area contributed by atoms with E-state index >= 15 is 0 Å². The maximum atomic E-state index is 12.2. The second-order valence-electron chi connectivity index (χ2n) is 5.07. The van der Waals surface area contributed by atoms with Crippen LogP contribution in [0.4, 0.5) is 0 Å². The highest BCUT2D eigenvalue weighted by Gasteiger charge is 2.22. The fourth-order valence-corrected chi connectivity index (χ4v) is 2.47.